The van der Waals surface area contributed by atoms with Crippen molar-refractivity contribution in [3.8, 4) is 0 Å². The van der Waals surface area contributed by atoms with Crippen LogP contribution >= 0.6 is 11.6 Å². The third-order valence-electron chi connectivity index (χ3n) is 4.15. The van der Waals surface area contributed by atoms with Crippen molar-refractivity contribution in [1.82, 2.24) is 0 Å². The van der Waals surface area contributed by atoms with Gasteiger partial charge in [0, 0.05) is 28.6 Å². The monoisotopic (exact) mass is 303 g/mol. The lowest BCUT2D eigenvalue weighted by atomic mass is 9.82. The lowest BCUT2D eigenvalue weighted by Crippen LogP contribution is -2.25. The highest BCUT2D eigenvalue weighted by Gasteiger charge is 2.31. The van der Waals surface area contributed by atoms with E-state index in [4.69, 9.17) is 11.6 Å². The fourth-order valence-electron chi connectivity index (χ4n) is 2.88. The summed E-state index contributed by atoms with van der Waals surface area (Å²) < 4.78 is 14.2. The zero-order valence-electron chi connectivity index (χ0n) is 11.8. The van der Waals surface area contributed by atoms with Crippen molar-refractivity contribution in [2.24, 2.45) is 0 Å². The maximum atomic E-state index is 14.2. The van der Waals surface area contributed by atoms with Crippen molar-refractivity contribution >= 4 is 23.2 Å². The second-order valence-corrected chi connectivity index (χ2v) is 5.82. The van der Waals surface area contributed by atoms with Gasteiger partial charge >= 0.3 is 0 Å². The minimum Gasteiger partial charge on any atom is -0.326 e. The molecule has 4 heteroatoms. The number of amides is 1. The number of rotatable bonds is 1. The molecule has 0 radical (unpaired) electrons. The molecule has 1 amide bonds. The maximum Gasteiger partial charge on any atom is 0.225 e. The Morgan fingerprint density at radius 1 is 1.24 bits per heavy atom. The van der Waals surface area contributed by atoms with Crippen molar-refractivity contribution in [2.45, 2.75) is 26.2 Å². The highest BCUT2D eigenvalue weighted by atomic mass is 35.5. The summed E-state index contributed by atoms with van der Waals surface area (Å²) in [6.07, 6.45) is 0.205. The topological polar surface area (TPSA) is 29.1 Å². The first kappa shape index (κ1) is 14.1. The lowest BCUT2D eigenvalue weighted by molar-refractivity contribution is -0.116. The zero-order chi connectivity index (χ0) is 15.1. The van der Waals surface area contributed by atoms with E-state index in [-0.39, 0.29) is 24.1 Å². The van der Waals surface area contributed by atoms with Gasteiger partial charge in [0.15, 0.2) is 0 Å². The molecule has 1 aliphatic rings. The van der Waals surface area contributed by atoms with Crippen LogP contribution in [0.4, 0.5) is 10.1 Å². The Bertz CT molecular complexity index is 722. The number of benzene rings is 2. The predicted octanol–water partition coefficient (Wildman–Crippen LogP) is 4.57. The summed E-state index contributed by atoms with van der Waals surface area (Å²) in [6, 6.07) is 8.56. The number of aryl methyl sites for hydroxylation is 1. The Labute approximate surface area is 127 Å². The van der Waals surface area contributed by atoms with Crippen LogP contribution in [0.5, 0.6) is 0 Å². The normalized spacial score (nSPS) is 17.3. The van der Waals surface area contributed by atoms with Gasteiger partial charge < -0.3 is 5.32 Å². The van der Waals surface area contributed by atoms with Crippen LogP contribution < -0.4 is 5.32 Å². The number of hydrogen-bond acceptors (Lipinski definition) is 1. The van der Waals surface area contributed by atoms with Gasteiger partial charge in [-0.25, -0.2) is 4.39 Å². The molecule has 1 heterocycles. The number of nitrogens with one attached hydrogen (secondary N) is 1. The molecule has 108 valence electrons. The second kappa shape index (κ2) is 5.15. The molecule has 0 aliphatic carbocycles. The number of hydrogen-bond donors (Lipinski definition) is 1. The van der Waals surface area contributed by atoms with Crippen LogP contribution in [0.2, 0.25) is 5.02 Å². The van der Waals surface area contributed by atoms with Gasteiger partial charge in [-0.2, -0.15) is 0 Å². The maximum absolute atomic E-state index is 14.2. The van der Waals surface area contributed by atoms with Crippen LogP contribution in [0.1, 0.15) is 34.6 Å². The molecule has 0 bridgehead atoms. The molecule has 2 aromatic carbocycles. The Hall–Kier alpha value is -1.87. The van der Waals surface area contributed by atoms with Gasteiger partial charge in [0.1, 0.15) is 5.82 Å². The highest BCUT2D eigenvalue weighted by molar-refractivity contribution is 6.31. The smallest absolute Gasteiger partial charge is 0.225 e. The fourth-order valence-corrected chi connectivity index (χ4v) is 3.17. The first-order valence-corrected chi connectivity index (χ1v) is 7.20. The molecule has 0 saturated carbocycles. The standard InChI is InChI=1S/C17H15ClFNO/c1-9-6-7-11-12(8-15(21)20-17(11)10(9)2)16-13(18)4-3-5-14(16)19/h3-7,12H,8H2,1-2H3,(H,20,21)/t12-/m0/s1. The number of carbonyl (C=O) groups is 1. The predicted molar refractivity (Wildman–Crippen MR) is 82.4 cm³/mol. The third-order valence-corrected chi connectivity index (χ3v) is 4.48. The van der Waals surface area contributed by atoms with Gasteiger partial charge in [-0.3, -0.25) is 4.79 Å². The van der Waals surface area contributed by atoms with Gasteiger partial charge in [0.05, 0.1) is 0 Å². The Kier molecular flexibility index (Phi) is 3.46. The van der Waals surface area contributed by atoms with Crippen molar-refractivity contribution in [3.63, 3.8) is 0 Å². The number of fused-ring (bicyclic) bond motifs is 1. The van der Waals surface area contributed by atoms with E-state index in [1.165, 1.54) is 6.07 Å². The van der Waals surface area contributed by atoms with E-state index < -0.39 is 0 Å². The van der Waals surface area contributed by atoms with E-state index >= 15 is 0 Å². The second-order valence-electron chi connectivity index (χ2n) is 5.41. The summed E-state index contributed by atoms with van der Waals surface area (Å²) >= 11 is 6.18. The average Bonchev–Trinajstić information content (AvgIpc) is 2.43. The quantitative estimate of drug-likeness (QED) is 0.821. The van der Waals surface area contributed by atoms with Crippen molar-refractivity contribution in [3.05, 3.63) is 63.4 Å². The number of carbonyl (C=O) groups excluding carboxylic acids is 1. The molecule has 3 rings (SSSR count). The summed E-state index contributed by atoms with van der Waals surface area (Å²) in [7, 11) is 0. The van der Waals surface area contributed by atoms with Gasteiger partial charge in [0.25, 0.3) is 0 Å². The minimum absolute atomic E-state index is 0.111. The molecule has 2 aromatic rings. The Morgan fingerprint density at radius 3 is 2.71 bits per heavy atom. The first-order valence-electron chi connectivity index (χ1n) is 6.83. The van der Waals surface area contributed by atoms with Crippen LogP contribution in [0, 0.1) is 19.7 Å². The largest absolute Gasteiger partial charge is 0.326 e. The first-order chi connectivity index (χ1) is 9.99. The van der Waals surface area contributed by atoms with E-state index in [2.05, 4.69) is 5.32 Å². The van der Waals surface area contributed by atoms with Crippen molar-refractivity contribution in [1.29, 1.82) is 0 Å². The SMILES string of the molecule is Cc1ccc2c(c1C)NC(=O)C[C@@H]2c1c(F)cccc1Cl. The molecule has 1 N–H and O–H groups in total. The van der Waals surface area contributed by atoms with Crippen LogP contribution in [0.25, 0.3) is 0 Å². The molecule has 1 aliphatic heterocycles. The third kappa shape index (κ3) is 2.32. The summed E-state index contributed by atoms with van der Waals surface area (Å²) in [6.45, 7) is 3.95. The molecule has 0 saturated heterocycles. The summed E-state index contributed by atoms with van der Waals surface area (Å²) in [5.74, 6) is -0.825. The molecule has 0 aromatic heterocycles. The zero-order valence-corrected chi connectivity index (χ0v) is 12.6. The number of anilines is 1. The molecular formula is C17H15ClFNO. The van der Waals surface area contributed by atoms with E-state index in [9.17, 15) is 9.18 Å². The Balaban J connectivity index is 2.23. The summed E-state index contributed by atoms with van der Waals surface area (Å²) in [5.41, 5.74) is 4.21. The summed E-state index contributed by atoms with van der Waals surface area (Å²) in [4.78, 5) is 12.0. The molecule has 0 unspecified atom stereocenters. The van der Waals surface area contributed by atoms with E-state index in [1.54, 1.807) is 12.1 Å². The minimum atomic E-state index is -0.369. The average molecular weight is 304 g/mol. The number of halogens is 2. The van der Waals surface area contributed by atoms with E-state index in [1.807, 2.05) is 26.0 Å². The van der Waals surface area contributed by atoms with Crippen LogP contribution in [0.15, 0.2) is 30.3 Å². The van der Waals surface area contributed by atoms with Crippen LogP contribution in [-0.2, 0) is 4.79 Å². The molecule has 0 spiro atoms. The molecule has 1 atom stereocenters. The van der Waals surface area contributed by atoms with Crippen LogP contribution in [0.3, 0.4) is 0 Å². The molecule has 2 nitrogen and oxygen atoms in total. The van der Waals surface area contributed by atoms with Crippen molar-refractivity contribution in [2.75, 3.05) is 5.32 Å². The molecular weight excluding hydrogens is 289 g/mol. The fraction of sp³-hybridized carbons (Fsp3) is 0.235. The lowest BCUT2D eigenvalue weighted by Gasteiger charge is -2.28. The van der Waals surface area contributed by atoms with Gasteiger partial charge in [-0.1, -0.05) is 29.8 Å². The highest BCUT2D eigenvalue weighted by Crippen LogP contribution is 2.42. The van der Waals surface area contributed by atoms with Crippen molar-refractivity contribution < 1.29 is 9.18 Å². The van der Waals surface area contributed by atoms with Gasteiger partial charge in [-0.15, -0.1) is 0 Å². The summed E-state index contributed by atoms with van der Waals surface area (Å²) in [5, 5.41) is 3.26. The Morgan fingerprint density at radius 2 is 2.00 bits per heavy atom. The van der Waals surface area contributed by atoms with Crippen LogP contribution in [-0.4, -0.2) is 5.91 Å². The van der Waals surface area contributed by atoms with E-state index in [0.717, 1.165) is 22.4 Å². The molecule has 21 heavy (non-hydrogen) atoms. The van der Waals surface area contributed by atoms with Gasteiger partial charge in [0.2, 0.25) is 5.91 Å². The van der Waals surface area contributed by atoms with E-state index in [0.29, 0.717) is 10.6 Å². The van der Waals surface area contributed by atoms with Gasteiger partial charge in [-0.05, 0) is 42.7 Å². The molecule has 0 fully saturated rings.